The minimum atomic E-state index is -2.99. The Morgan fingerprint density at radius 3 is 2.21 bits per heavy atom. The van der Waals surface area contributed by atoms with Gasteiger partial charge in [-0.15, -0.1) is 0 Å². The lowest BCUT2D eigenvalue weighted by Crippen LogP contribution is -2.34. The zero-order valence-corrected chi connectivity index (χ0v) is 12.4. The third-order valence-corrected chi connectivity index (χ3v) is 6.83. The smallest absolute Gasteiger partial charge is 0.307 e. The highest BCUT2D eigenvalue weighted by molar-refractivity contribution is 7.91. The zero-order chi connectivity index (χ0) is 14.0. The summed E-state index contributed by atoms with van der Waals surface area (Å²) < 4.78 is 23.1. The lowest BCUT2D eigenvalue weighted by molar-refractivity contribution is -0.146. The van der Waals surface area contributed by atoms with Gasteiger partial charge in [0.05, 0.1) is 17.4 Å². The van der Waals surface area contributed by atoms with E-state index in [-0.39, 0.29) is 23.3 Å². The van der Waals surface area contributed by atoms with Gasteiger partial charge in [0.25, 0.3) is 0 Å². The summed E-state index contributed by atoms with van der Waals surface area (Å²) >= 11 is 0. The van der Waals surface area contributed by atoms with E-state index in [1.807, 2.05) is 0 Å². The molecule has 1 saturated carbocycles. The van der Waals surface area contributed by atoms with Crippen LogP contribution in [0.1, 0.15) is 45.4 Å². The second-order valence-electron chi connectivity index (χ2n) is 6.22. The molecule has 0 amide bonds. The van der Waals surface area contributed by atoms with Crippen molar-refractivity contribution in [1.82, 2.24) is 0 Å². The topological polar surface area (TPSA) is 71.4 Å². The van der Waals surface area contributed by atoms with Crippen molar-refractivity contribution in [1.29, 1.82) is 0 Å². The van der Waals surface area contributed by atoms with Crippen LogP contribution in [0.25, 0.3) is 0 Å². The van der Waals surface area contributed by atoms with Gasteiger partial charge in [-0.05, 0) is 37.0 Å². The summed E-state index contributed by atoms with van der Waals surface area (Å²) in [6, 6.07) is 0. The van der Waals surface area contributed by atoms with Crippen molar-refractivity contribution in [3.63, 3.8) is 0 Å². The SMILES string of the molecule is CCC1CCC(C(C(=O)O)C2CCS(=O)(=O)C2)CC1. The molecule has 5 heteroatoms. The predicted molar refractivity (Wildman–Crippen MR) is 73.6 cm³/mol. The summed E-state index contributed by atoms with van der Waals surface area (Å²) in [5, 5.41) is 9.48. The molecular formula is C14H24O4S. The number of carbonyl (C=O) groups is 1. The standard InChI is InChI=1S/C14H24O4S/c1-2-10-3-5-11(6-4-10)13(14(15)16)12-7-8-19(17,18)9-12/h10-13H,2-9H2,1H3,(H,15,16). The summed E-state index contributed by atoms with van der Waals surface area (Å²) in [6.07, 6.45) is 5.81. The van der Waals surface area contributed by atoms with Crippen LogP contribution in [-0.2, 0) is 14.6 Å². The van der Waals surface area contributed by atoms with E-state index in [9.17, 15) is 18.3 Å². The fourth-order valence-corrected chi connectivity index (χ4v) is 5.71. The van der Waals surface area contributed by atoms with Gasteiger partial charge in [0.2, 0.25) is 0 Å². The number of carboxylic acids is 1. The van der Waals surface area contributed by atoms with Gasteiger partial charge in [0, 0.05) is 0 Å². The Bertz CT molecular complexity index is 421. The van der Waals surface area contributed by atoms with E-state index in [0.717, 1.165) is 31.6 Å². The van der Waals surface area contributed by atoms with Crippen LogP contribution in [-0.4, -0.2) is 31.0 Å². The molecule has 19 heavy (non-hydrogen) atoms. The fourth-order valence-electron chi connectivity index (χ4n) is 3.85. The summed E-state index contributed by atoms with van der Waals surface area (Å²) in [4.78, 5) is 11.6. The van der Waals surface area contributed by atoms with E-state index in [1.54, 1.807) is 0 Å². The Hall–Kier alpha value is -0.580. The average Bonchev–Trinajstić information content (AvgIpc) is 2.70. The lowest BCUT2D eigenvalue weighted by Gasteiger charge is -2.34. The molecule has 1 saturated heterocycles. The quantitative estimate of drug-likeness (QED) is 0.862. The first kappa shape index (κ1) is 14.8. The highest BCUT2D eigenvalue weighted by atomic mass is 32.2. The lowest BCUT2D eigenvalue weighted by atomic mass is 9.71. The average molecular weight is 288 g/mol. The van der Waals surface area contributed by atoms with E-state index in [4.69, 9.17) is 0 Å². The van der Waals surface area contributed by atoms with Crippen LogP contribution in [0.2, 0.25) is 0 Å². The van der Waals surface area contributed by atoms with Gasteiger partial charge in [-0.2, -0.15) is 0 Å². The molecule has 2 unspecified atom stereocenters. The number of rotatable bonds is 4. The second kappa shape index (κ2) is 5.81. The van der Waals surface area contributed by atoms with Gasteiger partial charge in [-0.1, -0.05) is 26.2 Å². The van der Waals surface area contributed by atoms with Crippen molar-refractivity contribution >= 4 is 15.8 Å². The van der Waals surface area contributed by atoms with Crippen molar-refractivity contribution in [2.24, 2.45) is 23.7 Å². The number of carboxylic acid groups (broad SMARTS) is 1. The van der Waals surface area contributed by atoms with Gasteiger partial charge in [0.1, 0.15) is 0 Å². The predicted octanol–water partition coefficient (Wildman–Crippen LogP) is 2.34. The van der Waals surface area contributed by atoms with Gasteiger partial charge in [-0.25, -0.2) is 8.42 Å². The van der Waals surface area contributed by atoms with Gasteiger partial charge in [0.15, 0.2) is 9.84 Å². The molecule has 4 nitrogen and oxygen atoms in total. The maximum absolute atomic E-state index is 11.6. The maximum atomic E-state index is 11.6. The maximum Gasteiger partial charge on any atom is 0.307 e. The molecule has 0 aromatic heterocycles. The number of aliphatic carboxylic acids is 1. The summed E-state index contributed by atoms with van der Waals surface area (Å²) in [5.74, 6) is -0.233. The van der Waals surface area contributed by atoms with Crippen molar-refractivity contribution in [2.75, 3.05) is 11.5 Å². The van der Waals surface area contributed by atoms with Crippen LogP contribution in [0.5, 0.6) is 0 Å². The van der Waals surface area contributed by atoms with E-state index in [0.29, 0.717) is 6.42 Å². The highest BCUT2D eigenvalue weighted by Crippen LogP contribution is 2.40. The van der Waals surface area contributed by atoms with E-state index in [1.165, 1.54) is 6.42 Å². The molecule has 1 aliphatic carbocycles. The Balaban J connectivity index is 2.03. The molecule has 0 aromatic carbocycles. The molecule has 0 radical (unpaired) electrons. The van der Waals surface area contributed by atoms with Gasteiger partial charge in [-0.3, -0.25) is 4.79 Å². The molecule has 2 rings (SSSR count). The Labute approximate surface area is 115 Å². The van der Waals surface area contributed by atoms with Crippen molar-refractivity contribution < 1.29 is 18.3 Å². The number of hydrogen-bond acceptors (Lipinski definition) is 3. The first-order valence-corrected chi connectivity index (χ1v) is 9.18. The normalized spacial score (nSPS) is 35.9. The molecule has 2 atom stereocenters. The summed E-state index contributed by atoms with van der Waals surface area (Å²) in [6.45, 7) is 2.18. The molecule has 110 valence electrons. The highest BCUT2D eigenvalue weighted by Gasteiger charge is 2.42. The molecule has 1 heterocycles. The monoisotopic (exact) mass is 288 g/mol. The third-order valence-electron chi connectivity index (χ3n) is 5.04. The molecule has 1 aliphatic heterocycles. The largest absolute Gasteiger partial charge is 0.481 e. The third kappa shape index (κ3) is 3.50. The van der Waals surface area contributed by atoms with Crippen LogP contribution >= 0.6 is 0 Å². The van der Waals surface area contributed by atoms with Crippen LogP contribution in [0.15, 0.2) is 0 Å². The van der Waals surface area contributed by atoms with E-state index in [2.05, 4.69) is 6.92 Å². The summed E-state index contributed by atoms with van der Waals surface area (Å²) in [7, 11) is -2.99. The molecule has 0 bridgehead atoms. The molecular weight excluding hydrogens is 264 g/mol. The van der Waals surface area contributed by atoms with Crippen molar-refractivity contribution in [3.8, 4) is 0 Å². The molecule has 2 aliphatic rings. The van der Waals surface area contributed by atoms with Crippen LogP contribution in [0.3, 0.4) is 0 Å². The molecule has 2 fully saturated rings. The van der Waals surface area contributed by atoms with E-state index >= 15 is 0 Å². The Morgan fingerprint density at radius 2 is 1.79 bits per heavy atom. The first-order chi connectivity index (χ1) is 8.93. The van der Waals surface area contributed by atoms with Gasteiger partial charge < -0.3 is 5.11 Å². The van der Waals surface area contributed by atoms with Crippen LogP contribution in [0, 0.1) is 23.7 Å². The van der Waals surface area contributed by atoms with Crippen molar-refractivity contribution in [3.05, 3.63) is 0 Å². The summed E-state index contributed by atoms with van der Waals surface area (Å²) in [5.41, 5.74) is 0. The van der Waals surface area contributed by atoms with Crippen molar-refractivity contribution in [2.45, 2.75) is 45.4 Å². The zero-order valence-electron chi connectivity index (χ0n) is 11.5. The molecule has 0 spiro atoms. The van der Waals surface area contributed by atoms with E-state index < -0.39 is 21.7 Å². The van der Waals surface area contributed by atoms with Crippen LogP contribution < -0.4 is 0 Å². The fraction of sp³-hybridized carbons (Fsp3) is 0.929. The van der Waals surface area contributed by atoms with Crippen LogP contribution in [0.4, 0.5) is 0 Å². The Morgan fingerprint density at radius 1 is 1.16 bits per heavy atom. The Kier molecular flexibility index (Phi) is 4.54. The molecule has 0 aromatic rings. The second-order valence-corrected chi connectivity index (χ2v) is 8.44. The first-order valence-electron chi connectivity index (χ1n) is 7.36. The van der Waals surface area contributed by atoms with Gasteiger partial charge >= 0.3 is 5.97 Å². The number of sulfone groups is 1. The minimum absolute atomic E-state index is 0.0810. The number of hydrogen-bond donors (Lipinski definition) is 1. The molecule has 1 N–H and O–H groups in total. The minimum Gasteiger partial charge on any atom is -0.481 e.